The minimum Gasteiger partial charge on any atom is -0.463 e. The van der Waals surface area contributed by atoms with Crippen LogP contribution in [0, 0.1) is 0 Å². The van der Waals surface area contributed by atoms with Gasteiger partial charge in [0.15, 0.2) is 0 Å². The van der Waals surface area contributed by atoms with E-state index in [0.717, 1.165) is 0 Å². The smallest absolute Gasteiger partial charge is 0.330 e. The first kappa shape index (κ1) is 14.4. The van der Waals surface area contributed by atoms with Gasteiger partial charge in [-0.15, -0.1) is 0 Å². The fraction of sp³-hybridized carbons (Fsp3) is 0.308. The number of esters is 1. The molecule has 0 aliphatic rings. The zero-order valence-corrected chi connectivity index (χ0v) is 9.72. The summed E-state index contributed by atoms with van der Waals surface area (Å²) in [4.78, 5) is 10.9. The van der Waals surface area contributed by atoms with Gasteiger partial charge >= 0.3 is 5.97 Å². The van der Waals surface area contributed by atoms with Crippen LogP contribution in [-0.4, -0.2) is 23.8 Å². The van der Waals surface area contributed by atoms with Crippen LogP contribution in [0.25, 0.3) is 0 Å². The number of rotatable bonds is 6. The maximum atomic E-state index is 10.9. The molecule has 0 amide bonds. The van der Waals surface area contributed by atoms with E-state index in [4.69, 9.17) is 0 Å². The summed E-state index contributed by atoms with van der Waals surface area (Å²) in [5.74, 6) is -0.363. The van der Waals surface area contributed by atoms with Gasteiger partial charge in [0.2, 0.25) is 0 Å². The maximum Gasteiger partial charge on any atom is 0.330 e. The Morgan fingerprint density at radius 2 is 2.00 bits per heavy atom. The highest BCUT2D eigenvalue weighted by molar-refractivity contribution is 5.82. The van der Waals surface area contributed by atoms with Crippen molar-refractivity contribution in [1.82, 2.24) is 0 Å². The summed E-state index contributed by atoms with van der Waals surface area (Å²) in [5.41, 5.74) is 0.687. The van der Waals surface area contributed by atoms with Gasteiger partial charge in [0.25, 0.3) is 0 Å². The Morgan fingerprint density at radius 3 is 2.56 bits per heavy atom. The summed E-state index contributed by atoms with van der Waals surface area (Å²) in [5, 5.41) is 9.33. The summed E-state index contributed by atoms with van der Waals surface area (Å²) >= 11 is 0. The molecule has 0 heterocycles. The average Bonchev–Trinajstić information content (AvgIpc) is 2.23. The largest absolute Gasteiger partial charge is 0.463 e. The number of aliphatic hydroxyl groups excluding tert-OH is 1. The van der Waals surface area contributed by atoms with Crippen LogP contribution >= 0.6 is 0 Å². The van der Waals surface area contributed by atoms with Gasteiger partial charge in [-0.2, -0.15) is 0 Å². The van der Waals surface area contributed by atoms with Crippen molar-refractivity contribution in [2.45, 2.75) is 20.0 Å². The highest BCUT2D eigenvalue weighted by Crippen LogP contribution is 1.98. The van der Waals surface area contributed by atoms with Gasteiger partial charge in [0, 0.05) is 6.08 Å². The average molecular weight is 222 g/mol. The minimum atomic E-state index is -0.626. The molecule has 0 spiro atoms. The molecular formula is C13H18O3. The van der Waals surface area contributed by atoms with Crippen molar-refractivity contribution >= 4 is 5.97 Å². The molecule has 16 heavy (non-hydrogen) atoms. The molecule has 0 aliphatic heterocycles. The lowest BCUT2D eigenvalue weighted by Gasteiger charge is -2.00. The molecule has 3 heteroatoms. The summed E-state index contributed by atoms with van der Waals surface area (Å²) in [6.45, 7) is 7.49. The van der Waals surface area contributed by atoms with Gasteiger partial charge in [0.05, 0.1) is 12.7 Å². The third-order valence-corrected chi connectivity index (χ3v) is 1.65. The Balaban J connectivity index is 3.94. The number of ether oxygens (including phenoxy) is 1. The molecular weight excluding hydrogens is 204 g/mol. The molecule has 0 aromatic rings. The molecule has 0 saturated heterocycles. The molecule has 0 aromatic heterocycles. The van der Waals surface area contributed by atoms with E-state index >= 15 is 0 Å². The lowest BCUT2D eigenvalue weighted by atomic mass is 10.2. The Kier molecular flexibility index (Phi) is 7.81. The standard InChI is InChI=1S/C13H18O3/c1-4-16-13(15)10-8-6-5-7-9-12(14)11(2)3/h5-10,12,14H,2,4H2,1,3H3/b6-5+,9-7+,10-8+. The van der Waals surface area contributed by atoms with Crippen LogP contribution in [-0.2, 0) is 9.53 Å². The molecule has 0 rings (SSSR count). The molecule has 0 saturated carbocycles. The number of allylic oxidation sites excluding steroid dienone is 4. The molecule has 0 radical (unpaired) electrons. The van der Waals surface area contributed by atoms with Crippen LogP contribution in [0.15, 0.2) is 48.6 Å². The zero-order valence-electron chi connectivity index (χ0n) is 9.72. The van der Waals surface area contributed by atoms with Crippen LogP contribution in [0.3, 0.4) is 0 Å². The van der Waals surface area contributed by atoms with Crippen LogP contribution in [0.5, 0.6) is 0 Å². The van der Waals surface area contributed by atoms with Crippen molar-refractivity contribution in [3.05, 3.63) is 48.6 Å². The monoisotopic (exact) mass is 222 g/mol. The van der Waals surface area contributed by atoms with E-state index in [-0.39, 0.29) is 5.97 Å². The second-order valence-electron chi connectivity index (χ2n) is 3.17. The lowest BCUT2D eigenvalue weighted by Crippen LogP contribution is -2.01. The Labute approximate surface area is 96.4 Å². The van der Waals surface area contributed by atoms with Crippen molar-refractivity contribution in [3.8, 4) is 0 Å². The minimum absolute atomic E-state index is 0.363. The van der Waals surface area contributed by atoms with E-state index in [1.54, 1.807) is 44.2 Å². The van der Waals surface area contributed by atoms with Gasteiger partial charge in [-0.05, 0) is 19.4 Å². The van der Waals surface area contributed by atoms with Gasteiger partial charge in [-0.3, -0.25) is 0 Å². The molecule has 1 N–H and O–H groups in total. The zero-order chi connectivity index (χ0) is 12.4. The molecule has 1 unspecified atom stereocenters. The second-order valence-corrected chi connectivity index (χ2v) is 3.17. The third kappa shape index (κ3) is 7.76. The Morgan fingerprint density at radius 1 is 1.38 bits per heavy atom. The topological polar surface area (TPSA) is 46.5 Å². The van der Waals surface area contributed by atoms with Gasteiger partial charge in [-0.25, -0.2) is 4.79 Å². The summed E-state index contributed by atoms with van der Waals surface area (Å²) in [6, 6.07) is 0. The van der Waals surface area contributed by atoms with Crippen LogP contribution in [0.1, 0.15) is 13.8 Å². The number of carbonyl (C=O) groups is 1. The van der Waals surface area contributed by atoms with E-state index < -0.39 is 6.10 Å². The Hall–Kier alpha value is -1.61. The highest BCUT2D eigenvalue weighted by atomic mass is 16.5. The van der Waals surface area contributed by atoms with Crippen LogP contribution < -0.4 is 0 Å². The first-order chi connectivity index (χ1) is 7.57. The van der Waals surface area contributed by atoms with Crippen LogP contribution in [0.2, 0.25) is 0 Å². The van der Waals surface area contributed by atoms with E-state index in [1.165, 1.54) is 6.08 Å². The molecule has 88 valence electrons. The van der Waals surface area contributed by atoms with E-state index in [1.807, 2.05) is 0 Å². The third-order valence-electron chi connectivity index (χ3n) is 1.65. The van der Waals surface area contributed by atoms with Crippen molar-refractivity contribution in [3.63, 3.8) is 0 Å². The lowest BCUT2D eigenvalue weighted by molar-refractivity contribution is -0.137. The highest BCUT2D eigenvalue weighted by Gasteiger charge is 1.95. The fourth-order valence-corrected chi connectivity index (χ4v) is 0.786. The number of hydrogen-bond donors (Lipinski definition) is 1. The van der Waals surface area contributed by atoms with Crippen LogP contribution in [0.4, 0.5) is 0 Å². The molecule has 0 fully saturated rings. The fourth-order valence-electron chi connectivity index (χ4n) is 0.786. The van der Waals surface area contributed by atoms with E-state index in [9.17, 15) is 9.90 Å². The van der Waals surface area contributed by atoms with Crippen molar-refractivity contribution in [2.75, 3.05) is 6.61 Å². The number of hydrogen-bond acceptors (Lipinski definition) is 3. The van der Waals surface area contributed by atoms with Gasteiger partial charge < -0.3 is 9.84 Å². The molecule has 0 aromatic carbocycles. The number of carbonyl (C=O) groups excluding carboxylic acids is 1. The first-order valence-corrected chi connectivity index (χ1v) is 5.09. The molecule has 0 aliphatic carbocycles. The first-order valence-electron chi connectivity index (χ1n) is 5.09. The number of aliphatic hydroxyl groups is 1. The van der Waals surface area contributed by atoms with Crippen molar-refractivity contribution in [1.29, 1.82) is 0 Å². The normalized spacial score (nSPS) is 13.7. The Bertz CT molecular complexity index is 311. The second kappa shape index (κ2) is 8.68. The van der Waals surface area contributed by atoms with E-state index in [2.05, 4.69) is 11.3 Å². The summed E-state index contributed by atoms with van der Waals surface area (Å²) in [6.07, 6.45) is 8.98. The molecule has 3 nitrogen and oxygen atoms in total. The van der Waals surface area contributed by atoms with Crippen molar-refractivity contribution in [2.24, 2.45) is 0 Å². The summed E-state index contributed by atoms with van der Waals surface area (Å²) < 4.78 is 4.69. The summed E-state index contributed by atoms with van der Waals surface area (Å²) in [7, 11) is 0. The predicted octanol–water partition coefficient (Wildman–Crippen LogP) is 2.16. The van der Waals surface area contributed by atoms with E-state index in [0.29, 0.717) is 12.2 Å². The molecule has 1 atom stereocenters. The maximum absolute atomic E-state index is 10.9. The predicted molar refractivity (Wildman–Crippen MR) is 64.9 cm³/mol. The quantitative estimate of drug-likeness (QED) is 0.324. The molecule has 0 bridgehead atoms. The van der Waals surface area contributed by atoms with Gasteiger partial charge in [0.1, 0.15) is 0 Å². The van der Waals surface area contributed by atoms with Gasteiger partial charge in [-0.1, -0.05) is 37.0 Å². The van der Waals surface area contributed by atoms with Crippen molar-refractivity contribution < 1.29 is 14.6 Å². The SMILES string of the molecule is C=C(C)C(O)/C=C/C=C/C=C/C(=O)OCC.